The van der Waals surface area contributed by atoms with Crippen LogP contribution in [0.15, 0.2) is 42.6 Å². The van der Waals surface area contributed by atoms with E-state index in [1.807, 2.05) is 30.3 Å². The third-order valence-corrected chi connectivity index (χ3v) is 2.86. The molecule has 0 unspecified atom stereocenters. The number of carbonyl (C=O) groups is 1. The molecule has 0 N–H and O–H groups in total. The molecule has 1 aromatic carbocycles. The fourth-order valence-electron chi connectivity index (χ4n) is 1.97. The summed E-state index contributed by atoms with van der Waals surface area (Å²) in [6.45, 7) is 0. The van der Waals surface area contributed by atoms with Crippen molar-refractivity contribution in [1.29, 1.82) is 0 Å². The van der Waals surface area contributed by atoms with Crippen LogP contribution in [-0.4, -0.2) is 28.0 Å². The quantitative estimate of drug-likeness (QED) is 0.671. The normalized spacial score (nSPS) is 10.6. The Balaban J connectivity index is 2.23. The molecular formula is C14H11N3O2. The molecule has 19 heavy (non-hydrogen) atoms. The van der Waals surface area contributed by atoms with Crippen LogP contribution in [0.3, 0.4) is 0 Å². The van der Waals surface area contributed by atoms with Crippen LogP contribution in [-0.2, 0) is 0 Å². The number of aldehydes is 1. The molecule has 0 aliphatic rings. The topological polar surface area (TPSA) is 56.5 Å². The number of aromatic nitrogens is 3. The maximum absolute atomic E-state index is 10.8. The Morgan fingerprint density at radius 1 is 1.26 bits per heavy atom. The van der Waals surface area contributed by atoms with Crippen molar-refractivity contribution >= 4 is 11.9 Å². The number of nitrogens with zero attached hydrogens (tertiary/aromatic N) is 3. The van der Waals surface area contributed by atoms with Crippen LogP contribution in [0.4, 0.5) is 0 Å². The van der Waals surface area contributed by atoms with Crippen LogP contribution in [0.5, 0.6) is 5.75 Å². The summed E-state index contributed by atoms with van der Waals surface area (Å²) in [5.74, 6) is 0.769. The summed E-state index contributed by atoms with van der Waals surface area (Å²) in [7, 11) is 1.62. The summed E-state index contributed by atoms with van der Waals surface area (Å²) in [4.78, 5) is 15.0. The average molecular weight is 253 g/mol. The first-order valence-electron chi connectivity index (χ1n) is 5.76. The number of ether oxygens (including phenoxy) is 1. The zero-order valence-corrected chi connectivity index (χ0v) is 10.3. The fraction of sp³-hybridized carbons (Fsp3) is 0.0714. The van der Waals surface area contributed by atoms with Gasteiger partial charge in [0.15, 0.2) is 11.9 Å². The Morgan fingerprint density at radius 2 is 2.16 bits per heavy atom. The highest BCUT2D eigenvalue weighted by atomic mass is 16.5. The van der Waals surface area contributed by atoms with Crippen LogP contribution in [0.25, 0.3) is 16.9 Å². The molecule has 2 heterocycles. The molecule has 0 fully saturated rings. The number of fused-ring (bicyclic) bond motifs is 1. The van der Waals surface area contributed by atoms with E-state index in [9.17, 15) is 4.79 Å². The monoisotopic (exact) mass is 253 g/mol. The molecule has 0 atom stereocenters. The van der Waals surface area contributed by atoms with Gasteiger partial charge in [-0.1, -0.05) is 12.1 Å². The summed E-state index contributed by atoms with van der Waals surface area (Å²) in [6.07, 6.45) is 2.41. The fourth-order valence-corrected chi connectivity index (χ4v) is 1.97. The number of rotatable bonds is 3. The highest BCUT2D eigenvalue weighted by Crippen LogP contribution is 2.23. The molecule has 0 bridgehead atoms. The lowest BCUT2D eigenvalue weighted by Crippen LogP contribution is -1.96. The molecule has 0 amide bonds. The van der Waals surface area contributed by atoms with E-state index in [4.69, 9.17) is 4.74 Å². The predicted octanol–water partition coefficient (Wildman–Crippen LogP) is 2.22. The molecule has 2 aromatic heterocycles. The smallest absolute Gasteiger partial charge is 0.170 e. The zero-order valence-electron chi connectivity index (χ0n) is 10.3. The lowest BCUT2D eigenvalue weighted by molar-refractivity contribution is 0.111. The van der Waals surface area contributed by atoms with E-state index in [2.05, 4.69) is 10.1 Å². The van der Waals surface area contributed by atoms with E-state index in [1.54, 1.807) is 23.9 Å². The van der Waals surface area contributed by atoms with Gasteiger partial charge in [-0.15, -0.1) is 0 Å². The number of hydrogen-bond donors (Lipinski definition) is 0. The summed E-state index contributed by atoms with van der Waals surface area (Å²) in [5.41, 5.74) is 2.81. The summed E-state index contributed by atoms with van der Waals surface area (Å²) in [6, 6.07) is 11.2. The lowest BCUT2D eigenvalue weighted by atomic mass is 10.1. The first kappa shape index (κ1) is 11.4. The van der Waals surface area contributed by atoms with Gasteiger partial charge in [-0.05, 0) is 18.2 Å². The minimum Gasteiger partial charge on any atom is -0.497 e. The van der Waals surface area contributed by atoms with Crippen molar-refractivity contribution in [2.75, 3.05) is 7.11 Å². The van der Waals surface area contributed by atoms with Crippen molar-refractivity contribution < 1.29 is 9.53 Å². The third kappa shape index (κ3) is 1.95. The first-order valence-corrected chi connectivity index (χ1v) is 5.76. The van der Waals surface area contributed by atoms with Crippen LogP contribution in [0.2, 0.25) is 0 Å². The summed E-state index contributed by atoms with van der Waals surface area (Å²) < 4.78 is 6.86. The van der Waals surface area contributed by atoms with Gasteiger partial charge >= 0.3 is 0 Å². The van der Waals surface area contributed by atoms with Crippen molar-refractivity contribution in [2.24, 2.45) is 0 Å². The van der Waals surface area contributed by atoms with E-state index in [0.29, 0.717) is 17.6 Å². The zero-order chi connectivity index (χ0) is 13.2. The van der Waals surface area contributed by atoms with Gasteiger partial charge in [-0.2, -0.15) is 5.10 Å². The summed E-state index contributed by atoms with van der Waals surface area (Å²) >= 11 is 0. The van der Waals surface area contributed by atoms with E-state index >= 15 is 0 Å². The Bertz CT molecular complexity index is 749. The Kier molecular flexibility index (Phi) is 2.72. The van der Waals surface area contributed by atoms with Crippen molar-refractivity contribution in [3.63, 3.8) is 0 Å². The van der Waals surface area contributed by atoms with E-state index < -0.39 is 0 Å². The second kappa shape index (κ2) is 4.53. The van der Waals surface area contributed by atoms with Crippen molar-refractivity contribution in [3.8, 4) is 17.0 Å². The number of benzene rings is 1. The largest absolute Gasteiger partial charge is 0.497 e. The van der Waals surface area contributed by atoms with Gasteiger partial charge in [0.25, 0.3) is 0 Å². The molecule has 0 aliphatic heterocycles. The maximum atomic E-state index is 10.8. The van der Waals surface area contributed by atoms with Crippen LogP contribution in [0.1, 0.15) is 10.5 Å². The van der Waals surface area contributed by atoms with E-state index in [-0.39, 0.29) is 0 Å². The highest BCUT2D eigenvalue weighted by Gasteiger charge is 2.08. The van der Waals surface area contributed by atoms with Crippen molar-refractivity contribution in [3.05, 3.63) is 48.3 Å². The second-order valence-corrected chi connectivity index (χ2v) is 4.02. The molecule has 0 aliphatic carbocycles. The molecule has 94 valence electrons. The third-order valence-electron chi connectivity index (χ3n) is 2.86. The van der Waals surface area contributed by atoms with Gasteiger partial charge in [-0.25, -0.2) is 9.50 Å². The van der Waals surface area contributed by atoms with Gasteiger partial charge in [0.05, 0.1) is 12.8 Å². The highest BCUT2D eigenvalue weighted by molar-refractivity contribution is 5.75. The Labute approximate surface area is 109 Å². The molecule has 5 nitrogen and oxygen atoms in total. The number of carbonyl (C=O) groups excluding carboxylic acids is 1. The minimum atomic E-state index is 0.364. The van der Waals surface area contributed by atoms with Crippen LogP contribution < -0.4 is 4.74 Å². The Hall–Kier alpha value is -2.69. The summed E-state index contributed by atoms with van der Waals surface area (Å²) in [5, 5.41) is 4.21. The van der Waals surface area contributed by atoms with Gasteiger partial charge in [-0.3, -0.25) is 4.79 Å². The first-order chi connectivity index (χ1) is 9.31. The molecule has 0 spiro atoms. The molecule has 3 aromatic rings. The van der Waals surface area contributed by atoms with Crippen LogP contribution in [0, 0.1) is 0 Å². The van der Waals surface area contributed by atoms with E-state index in [0.717, 1.165) is 17.0 Å². The van der Waals surface area contributed by atoms with Crippen molar-refractivity contribution in [1.82, 2.24) is 14.6 Å². The van der Waals surface area contributed by atoms with E-state index in [1.165, 1.54) is 0 Å². The van der Waals surface area contributed by atoms with Gasteiger partial charge in [0.1, 0.15) is 11.4 Å². The molecule has 5 heteroatoms. The number of hydrogen-bond acceptors (Lipinski definition) is 4. The van der Waals surface area contributed by atoms with Crippen LogP contribution >= 0.6 is 0 Å². The minimum absolute atomic E-state index is 0.364. The predicted molar refractivity (Wildman–Crippen MR) is 70.4 cm³/mol. The SMILES string of the molecule is COc1cccc(-c2ccnc3cc(C=O)nn23)c1. The van der Waals surface area contributed by atoms with Gasteiger partial charge in [0, 0.05) is 17.8 Å². The molecular weight excluding hydrogens is 242 g/mol. The van der Waals surface area contributed by atoms with Crippen molar-refractivity contribution in [2.45, 2.75) is 0 Å². The molecule has 3 rings (SSSR count). The number of methoxy groups -OCH3 is 1. The standard InChI is InChI=1S/C14H11N3O2/c1-19-12-4-2-3-10(7-12)13-5-6-15-14-8-11(9-18)16-17(13)14/h2-9H,1H3. The maximum Gasteiger partial charge on any atom is 0.170 e. The van der Waals surface area contributed by atoms with Gasteiger partial charge in [0.2, 0.25) is 0 Å². The molecule has 0 saturated heterocycles. The lowest BCUT2D eigenvalue weighted by Gasteiger charge is -2.06. The molecule has 0 saturated carbocycles. The molecule has 0 radical (unpaired) electrons. The second-order valence-electron chi connectivity index (χ2n) is 4.02. The Morgan fingerprint density at radius 3 is 2.95 bits per heavy atom. The average Bonchev–Trinajstić information content (AvgIpc) is 2.90. The van der Waals surface area contributed by atoms with Gasteiger partial charge < -0.3 is 4.74 Å².